The van der Waals surface area contributed by atoms with Gasteiger partial charge in [0, 0.05) is 56.1 Å². The highest BCUT2D eigenvalue weighted by Gasteiger charge is 2.43. The van der Waals surface area contributed by atoms with Gasteiger partial charge < -0.3 is 14.4 Å². The van der Waals surface area contributed by atoms with Crippen LogP contribution in [-0.4, -0.2) is 11.3 Å². The van der Waals surface area contributed by atoms with Crippen LogP contribution in [0.25, 0.3) is 49.7 Å². The van der Waals surface area contributed by atoms with Gasteiger partial charge in [0.05, 0.1) is 11.0 Å². The first-order valence-electron chi connectivity index (χ1n) is 20.1. The standard InChI is InChI=1S/C54H36BN3/c1-4-17-39(18-5-1)56-47-28-12-10-23-44(47)52-42(24-15-30-49(52)56)37-33-35-38(36-34-37)43-25-14-27-46-54(43)58(41-21-8-3-9-22-41)51-32-16-31-50-53(51)55(46)45-26-11-13-29-48(45)57(50)40-19-6-2-7-20-40/h1-36H. The summed E-state index contributed by atoms with van der Waals surface area (Å²) < 4.78 is 2.39. The molecule has 9 aromatic carbocycles. The molecular formula is C54H36BN3. The number of fused-ring (bicyclic) bond motifs is 7. The first-order chi connectivity index (χ1) is 28.8. The Morgan fingerprint density at radius 3 is 1.57 bits per heavy atom. The normalized spacial score (nSPS) is 12.7. The summed E-state index contributed by atoms with van der Waals surface area (Å²) in [4.78, 5) is 4.95. The van der Waals surface area contributed by atoms with Crippen LogP contribution in [0.5, 0.6) is 0 Å². The highest BCUT2D eigenvalue weighted by atomic mass is 15.2. The zero-order valence-corrected chi connectivity index (χ0v) is 31.7. The van der Waals surface area contributed by atoms with Crippen LogP contribution in [0.3, 0.4) is 0 Å². The maximum atomic E-state index is 2.50. The summed E-state index contributed by atoms with van der Waals surface area (Å²) in [6.45, 7) is 0.0658. The molecule has 0 atom stereocenters. The van der Waals surface area contributed by atoms with Gasteiger partial charge in [-0.15, -0.1) is 0 Å². The molecule has 0 N–H and O–H groups in total. The molecule has 0 amide bonds. The summed E-state index contributed by atoms with van der Waals surface area (Å²) in [6.07, 6.45) is 0. The molecule has 0 aliphatic carbocycles. The summed E-state index contributed by atoms with van der Waals surface area (Å²) in [5.74, 6) is 0. The quantitative estimate of drug-likeness (QED) is 0.163. The summed E-state index contributed by atoms with van der Waals surface area (Å²) in [6, 6.07) is 79.8. The van der Waals surface area contributed by atoms with Crippen molar-refractivity contribution in [1.29, 1.82) is 0 Å². The minimum Gasteiger partial charge on any atom is -0.311 e. The average Bonchev–Trinajstić information content (AvgIpc) is 3.64. The summed E-state index contributed by atoms with van der Waals surface area (Å²) in [5, 5.41) is 2.53. The molecule has 58 heavy (non-hydrogen) atoms. The van der Waals surface area contributed by atoms with Gasteiger partial charge in [-0.1, -0.05) is 152 Å². The molecule has 0 unspecified atom stereocenters. The molecule has 2 aliphatic rings. The maximum absolute atomic E-state index is 2.50. The van der Waals surface area contributed by atoms with Crippen LogP contribution in [0, 0.1) is 0 Å². The van der Waals surface area contributed by atoms with Gasteiger partial charge >= 0.3 is 0 Å². The van der Waals surface area contributed by atoms with Crippen LogP contribution in [0.2, 0.25) is 0 Å². The molecule has 270 valence electrons. The lowest BCUT2D eigenvalue weighted by molar-refractivity contribution is 1.18. The number of hydrogen-bond donors (Lipinski definition) is 0. The lowest BCUT2D eigenvalue weighted by atomic mass is 9.33. The van der Waals surface area contributed by atoms with Crippen LogP contribution >= 0.6 is 0 Å². The first-order valence-corrected chi connectivity index (χ1v) is 20.1. The molecule has 0 saturated carbocycles. The molecular weight excluding hydrogens is 701 g/mol. The molecule has 2 aliphatic heterocycles. The minimum absolute atomic E-state index is 0.0658. The van der Waals surface area contributed by atoms with E-state index in [-0.39, 0.29) is 6.71 Å². The fraction of sp³-hybridized carbons (Fsp3) is 0. The fourth-order valence-electron chi connectivity index (χ4n) is 9.81. The lowest BCUT2D eigenvalue weighted by Crippen LogP contribution is -2.61. The van der Waals surface area contributed by atoms with Crippen LogP contribution in [0.4, 0.5) is 34.1 Å². The Bertz CT molecular complexity index is 3170. The summed E-state index contributed by atoms with van der Waals surface area (Å²) in [7, 11) is 0. The van der Waals surface area contributed by atoms with Crippen molar-refractivity contribution < 1.29 is 0 Å². The number of nitrogens with zero attached hydrogens (tertiary/aromatic N) is 3. The van der Waals surface area contributed by atoms with Crippen molar-refractivity contribution >= 4 is 79.0 Å². The summed E-state index contributed by atoms with van der Waals surface area (Å²) in [5.41, 5.74) is 19.6. The third-order valence-electron chi connectivity index (χ3n) is 12.2. The lowest BCUT2D eigenvalue weighted by Gasteiger charge is -2.44. The van der Waals surface area contributed by atoms with Gasteiger partial charge in [0.25, 0.3) is 6.71 Å². The van der Waals surface area contributed by atoms with E-state index in [1.54, 1.807) is 0 Å². The molecule has 3 nitrogen and oxygen atoms in total. The van der Waals surface area contributed by atoms with E-state index in [4.69, 9.17) is 0 Å². The van der Waals surface area contributed by atoms with E-state index in [0.29, 0.717) is 0 Å². The SMILES string of the molecule is c1ccc(N2c3ccccc3B3c4cccc(-c5ccc(-c6cccc7c6c6ccccc6n7-c6ccccc6)cc5)c4N(c4ccccc4)c4cccc2c43)cc1. The average molecular weight is 738 g/mol. The molecule has 10 aromatic rings. The molecule has 0 radical (unpaired) electrons. The van der Waals surface area contributed by atoms with Gasteiger partial charge in [-0.2, -0.15) is 0 Å². The van der Waals surface area contributed by atoms with Crippen molar-refractivity contribution in [3.63, 3.8) is 0 Å². The van der Waals surface area contributed by atoms with E-state index >= 15 is 0 Å². The Balaban J connectivity index is 1.05. The second-order valence-corrected chi connectivity index (χ2v) is 15.3. The predicted molar refractivity (Wildman–Crippen MR) is 246 cm³/mol. The Kier molecular flexibility index (Phi) is 7.33. The molecule has 0 saturated heterocycles. The van der Waals surface area contributed by atoms with Crippen LogP contribution in [-0.2, 0) is 0 Å². The minimum atomic E-state index is 0.0658. The highest BCUT2D eigenvalue weighted by molar-refractivity contribution is 7.00. The number of para-hydroxylation sites is 6. The van der Waals surface area contributed by atoms with Gasteiger partial charge in [0.1, 0.15) is 0 Å². The Morgan fingerprint density at radius 2 is 0.828 bits per heavy atom. The molecule has 4 heteroatoms. The van der Waals surface area contributed by atoms with E-state index in [9.17, 15) is 0 Å². The Hall–Kier alpha value is -7.56. The van der Waals surface area contributed by atoms with Crippen LogP contribution < -0.4 is 26.2 Å². The third-order valence-corrected chi connectivity index (χ3v) is 12.2. The summed E-state index contributed by atoms with van der Waals surface area (Å²) >= 11 is 0. The van der Waals surface area contributed by atoms with E-state index < -0.39 is 0 Å². The van der Waals surface area contributed by atoms with Crippen molar-refractivity contribution in [2.75, 3.05) is 9.80 Å². The smallest absolute Gasteiger partial charge is 0.252 e. The molecule has 12 rings (SSSR count). The largest absolute Gasteiger partial charge is 0.311 e. The maximum Gasteiger partial charge on any atom is 0.252 e. The number of benzene rings is 9. The second kappa shape index (κ2) is 13.0. The number of hydrogen-bond acceptors (Lipinski definition) is 2. The van der Waals surface area contributed by atoms with Gasteiger partial charge in [-0.05, 0) is 99.8 Å². The van der Waals surface area contributed by atoms with Crippen LogP contribution in [0.15, 0.2) is 218 Å². The predicted octanol–water partition coefficient (Wildman–Crippen LogP) is 12.2. The van der Waals surface area contributed by atoms with Crippen molar-refractivity contribution in [2.45, 2.75) is 0 Å². The van der Waals surface area contributed by atoms with Crippen molar-refractivity contribution in [2.24, 2.45) is 0 Å². The first kappa shape index (κ1) is 32.7. The molecule has 1 aromatic heterocycles. The van der Waals surface area contributed by atoms with Crippen molar-refractivity contribution in [3.8, 4) is 27.9 Å². The van der Waals surface area contributed by atoms with Gasteiger partial charge in [-0.3, -0.25) is 0 Å². The zero-order valence-electron chi connectivity index (χ0n) is 31.7. The van der Waals surface area contributed by atoms with Gasteiger partial charge in [-0.25, -0.2) is 0 Å². The number of aromatic nitrogens is 1. The molecule has 0 bridgehead atoms. The Morgan fingerprint density at radius 1 is 0.328 bits per heavy atom. The third kappa shape index (κ3) is 4.82. The van der Waals surface area contributed by atoms with Crippen LogP contribution in [0.1, 0.15) is 0 Å². The molecule has 0 fully saturated rings. The monoisotopic (exact) mass is 737 g/mol. The second-order valence-electron chi connectivity index (χ2n) is 15.3. The Labute approximate surface area is 338 Å². The van der Waals surface area contributed by atoms with E-state index in [2.05, 4.69) is 233 Å². The van der Waals surface area contributed by atoms with E-state index in [1.807, 2.05) is 0 Å². The van der Waals surface area contributed by atoms with Crippen molar-refractivity contribution in [1.82, 2.24) is 4.57 Å². The van der Waals surface area contributed by atoms with Gasteiger partial charge in [0.15, 0.2) is 0 Å². The van der Waals surface area contributed by atoms with Gasteiger partial charge in [0.2, 0.25) is 0 Å². The molecule has 3 heterocycles. The zero-order chi connectivity index (χ0) is 38.2. The topological polar surface area (TPSA) is 11.4 Å². The highest BCUT2D eigenvalue weighted by Crippen LogP contribution is 2.47. The number of rotatable bonds is 5. The van der Waals surface area contributed by atoms with E-state index in [1.165, 1.54) is 88.9 Å². The fourth-order valence-corrected chi connectivity index (χ4v) is 9.81. The van der Waals surface area contributed by atoms with Crippen molar-refractivity contribution in [3.05, 3.63) is 218 Å². The van der Waals surface area contributed by atoms with E-state index in [0.717, 1.165) is 11.4 Å². The number of anilines is 6. The molecule has 0 spiro atoms.